The highest BCUT2D eigenvalue weighted by Crippen LogP contribution is 2.22. The molecule has 22 heavy (non-hydrogen) atoms. The van der Waals surface area contributed by atoms with Crippen molar-refractivity contribution >= 4 is 22.1 Å². The van der Waals surface area contributed by atoms with Crippen molar-refractivity contribution < 1.29 is 22.7 Å². The number of rotatable bonds is 5. The minimum absolute atomic E-state index is 0.115. The lowest BCUT2D eigenvalue weighted by atomic mass is 10.2. The molecule has 0 fully saturated rings. The number of ether oxygens (including phenoxy) is 1. The van der Waals surface area contributed by atoms with Crippen LogP contribution >= 0.6 is 15.9 Å². The fourth-order valence-electron chi connectivity index (χ4n) is 1.53. The molecule has 115 valence electrons. The zero-order chi connectivity index (χ0) is 16.0. The Balaban J connectivity index is 1.86. The monoisotopic (exact) mass is 372 g/mol. The first-order chi connectivity index (χ1) is 10.4. The summed E-state index contributed by atoms with van der Waals surface area (Å²) in [6, 6.07) is 12.7. The predicted octanol–water partition coefficient (Wildman–Crippen LogP) is 4.78. The van der Waals surface area contributed by atoms with Crippen LogP contribution in [0.5, 0.6) is 5.75 Å². The van der Waals surface area contributed by atoms with Gasteiger partial charge in [0.1, 0.15) is 18.6 Å². The standard InChI is InChI=1S/C15H10BrF3NO2/c16-14-4-2-1-3-12(14)9-20-21-10-11-5-7-13(8-6-11)22-15(17,18)19/h1-8H,10H2. The second kappa shape index (κ2) is 7.31. The lowest BCUT2D eigenvalue weighted by Crippen LogP contribution is -2.17. The third kappa shape index (κ3) is 5.40. The SMILES string of the molecule is FC(F)(F)Oc1ccc(CO/N=[C]\c2ccccc2Br)cc1. The lowest BCUT2D eigenvalue weighted by Gasteiger charge is -2.08. The molecule has 0 aromatic heterocycles. The first-order valence-corrected chi connectivity index (χ1v) is 6.90. The first-order valence-electron chi connectivity index (χ1n) is 6.11. The molecule has 0 spiro atoms. The summed E-state index contributed by atoms with van der Waals surface area (Å²) in [5.41, 5.74) is 1.39. The smallest absolute Gasteiger partial charge is 0.406 e. The molecular weight excluding hydrogens is 363 g/mol. The molecule has 0 N–H and O–H groups in total. The van der Waals surface area contributed by atoms with Gasteiger partial charge in [-0.25, -0.2) is 0 Å². The molecular formula is C15H10BrF3NO2. The van der Waals surface area contributed by atoms with Gasteiger partial charge in [-0.05, 0) is 23.8 Å². The average molecular weight is 373 g/mol. The van der Waals surface area contributed by atoms with Gasteiger partial charge in [0.15, 0.2) is 0 Å². The molecule has 0 unspecified atom stereocenters. The van der Waals surface area contributed by atoms with Gasteiger partial charge in [0.2, 0.25) is 0 Å². The molecule has 0 heterocycles. The summed E-state index contributed by atoms with van der Waals surface area (Å²) in [5, 5.41) is 3.69. The maximum absolute atomic E-state index is 12.0. The summed E-state index contributed by atoms with van der Waals surface area (Å²) in [4.78, 5) is 5.05. The Labute approximate surface area is 133 Å². The molecule has 0 saturated carbocycles. The second-order valence-electron chi connectivity index (χ2n) is 4.15. The zero-order valence-electron chi connectivity index (χ0n) is 11.1. The van der Waals surface area contributed by atoms with Gasteiger partial charge in [0.05, 0.1) is 0 Å². The van der Waals surface area contributed by atoms with E-state index in [1.165, 1.54) is 24.3 Å². The fraction of sp³-hybridized carbons (Fsp3) is 0.133. The van der Waals surface area contributed by atoms with Crippen molar-refractivity contribution in [2.75, 3.05) is 0 Å². The van der Waals surface area contributed by atoms with E-state index < -0.39 is 6.36 Å². The highest BCUT2D eigenvalue weighted by Gasteiger charge is 2.30. The van der Waals surface area contributed by atoms with E-state index in [1.807, 2.05) is 18.2 Å². The Hall–Kier alpha value is -2.02. The van der Waals surface area contributed by atoms with Crippen LogP contribution < -0.4 is 4.74 Å². The second-order valence-corrected chi connectivity index (χ2v) is 5.00. The predicted molar refractivity (Wildman–Crippen MR) is 78.6 cm³/mol. The molecule has 0 bridgehead atoms. The Morgan fingerprint density at radius 1 is 1.05 bits per heavy atom. The zero-order valence-corrected chi connectivity index (χ0v) is 12.7. The third-order valence-electron chi connectivity index (χ3n) is 2.49. The molecule has 1 radical (unpaired) electrons. The molecule has 3 nitrogen and oxygen atoms in total. The Bertz CT molecular complexity index is 642. The van der Waals surface area contributed by atoms with E-state index in [1.54, 1.807) is 6.07 Å². The maximum atomic E-state index is 12.0. The van der Waals surface area contributed by atoms with Crippen molar-refractivity contribution in [3.63, 3.8) is 0 Å². The minimum atomic E-state index is -4.69. The molecule has 0 amide bonds. The number of halogens is 4. The van der Waals surface area contributed by atoms with E-state index in [-0.39, 0.29) is 12.4 Å². The van der Waals surface area contributed by atoms with Gasteiger partial charge in [-0.3, -0.25) is 0 Å². The van der Waals surface area contributed by atoms with E-state index in [9.17, 15) is 13.2 Å². The van der Waals surface area contributed by atoms with Crippen LogP contribution in [-0.2, 0) is 11.4 Å². The number of hydrogen-bond acceptors (Lipinski definition) is 3. The summed E-state index contributed by atoms with van der Waals surface area (Å²) in [6.45, 7) is 0.115. The van der Waals surface area contributed by atoms with Crippen LogP contribution in [0.4, 0.5) is 13.2 Å². The number of hydrogen-bond donors (Lipinski definition) is 0. The van der Waals surface area contributed by atoms with Crippen molar-refractivity contribution in [3.05, 3.63) is 64.1 Å². The van der Waals surface area contributed by atoms with Crippen molar-refractivity contribution in [3.8, 4) is 5.75 Å². The molecule has 0 aliphatic carbocycles. The Morgan fingerprint density at radius 2 is 1.73 bits per heavy atom. The van der Waals surface area contributed by atoms with Gasteiger partial charge in [-0.1, -0.05) is 51.4 Å². The van der Waals surface area contributed by atoms with Crippen LogP contribution in [0.3, 0.4) is 0 Å². The summed E-state index contributed by atoms with van der Waals surface area (Å²) >= 11 is 3.34. The van der Waals surface area contributed by atoms with Crippen LogP contribution in [0.2, 0.25) is 0 Å². The largest absolute Gasteiger partial charge is 0.573 e. The van der Waals surface area contributed by atoms with Gasteiger partial charge in [0, 0.05) is 10.0 Å². The van der Waals surface area contributed by atoms with E-state index in [2.05, 4.69) is 32.0 Å². The highest BCUT2D eigenvalue weighted by molar-refractivity contribution is 9.10. The molecule has 2 aromatic carbocycles. The third-order valence-corrected chi connectivity index (χ3v) is 3.18. The Kier molecular flexibility index (Phi) is 5.43. The molecule has 0 aliphatic heterocycles. The van der Waals surface area contributed by atoms with Crippen LogP contribution in [-0.4, -0.2) is 12.6 Å². The molecule has 0 atom stereocenters. The summed E-state index contributed by atoms with van der Waals surface area (Å²) in [5.74, 6) is -0.278. The van der Waals surface area contributed by atoms with E-state index in [4.69, 9.17) is 4.84 Å². The molecule has 0 aliphatic rings. The Morgan fingerprint density at radius 3 is 2.36 bits per heavy atom. The first kappa shape index (κ1) is 16.4. The fourth-order valence-corrected chi connectivity index (χ4v) is 1.90. The average Bonchev–Trinajstić information content (AvgIpc) is 2.45. The van der Waals surface area contributed by atoms with Crippen molar-refractivity contribution in [1.82, 2.24) is 0 Å². The van der Waals surface area contributed by atoms with Crippen LogP contribution in [0.1, 0.15) is 11.1 Å². The maximum Gasteiger partial charge on any atom is 0.573 e. The topological polar surface area (TPSA) is 30.8 Å². The number of alkyl halides is 3. The highest BCUT2D eigenvalue weighted by atomic mass is 79.9. The van der Waals surface area contributed by atoms with Crippen LogP contribution in [0.15, 0.2) is 58.2 Å². The molecule has 2 rings (SSSR count). The van der Waals surface area contributed by atoms with Gasteiger partial charge < -0.3 is 9.57 Å². The summed E-state index contributed by atoms with van der Waals surface area (Å²) in [6.07, 6.45) is -1.99. The molecule has 2 aromatic rings. The summed E-state index contributed by atoms with van der Waals surface area (Å²) in [7, 11) is 0. The number of benzene rings is 2. The van der Waals surface area contributed by atoms with E-state index >= 15 is 0 Å². The van der Waals surface area contributed by atoms with Gasteiger partial charge in [-0.15, -0.1) is 13.2 Å². The number of nitrogens with zero attached hydrogens (tertiary/aromatic N) is 1. The summed E-state index contributed by atoms with van der Waals surface area (Å²) < 4.78 is 40.6. The lowest BCUT2D eigenvalue weighted by molar-refractivity contribution is -0.274. The van der Waals surface area contributed by atoms with Crippen molar-refractivity contribution in [2.24, 2.45) is 5.16 Å². The van der Waals surface area contributed by atoms with E-state index in [0.717, 1.165) is 10.0 Å². The van der Waals surface area contributed by atoms with Crippen LogP contribution in [0.25, 0.3) is 0 Å². The normalized spacial score (nSPS) is 11.6. The van der Waals surface area contributed by atoms with Gasteiger partial charge in [-0.2, -0.15) is 0 Å². The van der Waals surface area contributed by atoms with Gasteiger partial charge >= 0.3 is 6.36 Å². The van der Waals surface area contributed by atoms with Crippen molar-refractivity contribution in [1.29, 1.82) is 0 Å². The molecule has 0 saturated heterocycles. The quantitative estimate of drug-likeness (QED) is 0.558. The minimum Gasteiger partial charge on any atom is -0.406 e. The van der Waals surface area contributed by atoms with Crippen molar-refractivity contribution in [2.45, 2.75) is 13.0 Å². The van der Waals surface area contributed by atoms with E-state index in [0.29, 0.717) is 5.56 Å². The molecule has 7 heteroatoms. The van der Waals surface area contributed by atoms with Crippen LogP contribution in [0, 0.1) is 0 Å². The van der Waals surface area contributed by atoms with Gasteiger partial charge in [0.25, 0.3) is 0 Å².